The van der Waals surface area contributed by atoms with Crippen LogP contribution in [0.5, 0.6) is 11.5 Å². The number of rotatable bonds is 5. The number of nitrogens with two attached hydrogens (primary N) is 1. The van der Waals surface area contributed by atoms with Gasteiger partial charge in [0.25, 0.3) is 0 Å². The molecular formula is C15H17NO2. The molecule has 0 heterocycles. The average molecular weight is 243 g/mol. The molecule has 0 radical (unpaired) electrons. The Hall–Kier alpha value is -2.16. The summed E-state index contributed by atoms with van der Waals surface area (Å²) in [5, 5.41) is 0. The van der Waals surface area contributed by atoms with Gasteiger partial charge in [0.15, 0.2) is 0 Å². The van der Waals surface area contributed by atoms with Crippen LogP contribution in [0, 0.1) is 0 Å². The molecule has 0 atom stereocenters. The van der Waals surface area contributed by atoms with Gasteiger partial charge in [0.05, 0.1) is 19.4 Å². The van der Waals surface area contributed by atoms with Crippen molar-refractivity contribution in [3.63, 3.8) is 0 Å². The van der Waals surface area contributed by atoms with E-state index < -0.39 is 0 Å². The van der Waals surface area contributed by atoms with Crippen LogP contribution in [-0.4, -0.2) is 13.7 Å². The van der Waals surface area contributed by atoms with Crippen molar-refractivity contribution in [3.05, 3.63) is 54.1 Å². The Morgan fingerprint density at radius 1 is 1.06 bits per heavy atom. The second kappa shape index (κ2) is 5.96. The highest BCUT2D eigenvalue weighted by molar-refractivity contribution is 5.56. The van der Waals surface area contributed by atoms with Crippen molar-refractivity contribution in [1.29, 1.82) is 0 Å². The summed E-state index contributed by atoms with van der Waals surface area (Å²) >= 11 is 0. The van der Waals surface area contributed by atoms with Crippen molar-refractivity contribution in [2.24, 2.45) is 0 Å². The minimum Gasteiger partial charge on any atom is -0.495 e. The van der Waals surface area contributed by atoms with Crippen molar-refractivity contribution >= 4 is 5.69 Å². The summed E-state index contributed by atoms with van der Waals surface area (Å²) in [5.74, 6) is 1.44. The third kappa shape index (κ3) is 3.17. The van der Waals surface area contributed by atoms with Gasteiger partial charge in [0, 0.05) is 12.5 Å². The summed E-state index contributed by atoms with van der Waals surface area (Å²) in [7, 11) is 1.60. The van der Waals surface area contributed by atoms with Gasteiger partial charge in [0.2, 0.25) is 0 Å². The average Bonchev–Trinajstić information content (AvgIpc) is 2.40. The molecule has 0 amide bonds. The molecule has 0 unspecified atom stereocenters. The Morgan fingerprint density at radius 2 is 1.83 bits per heavy atom. The van der Waals surface area contributed by atoms with Crippen molar-refractivity contribution in [1.82, 2.24) is 0 Å². The first kappa shape index (κ1) is 12.3. The van der Waals surface area contributed by atoms with E-state index >= 15 is 0 Å². The lowest BCUT2D eigenvalue weighted by Gasteiger charge is -2.09. The van der Waals surface area contributed by atoms with E-state index in [0.717, 1.165) is 12.2 Å². The first-order valence-corrected chi connectivity index (χ1v) is 5.90. The monoisotopic (exact) mass is 243 g/mol. The second-order valence-electron chi connectivity index (χ2n) is 3.99. The highest BCUT2D eigenvalue weighted by atomic mass is 16.5. The fourth-order valence-corrected chi connectivity index (χ4v) is 1.73. The molecule has 0 bridgehead atoms. The fraction of sp³-hybridized carbons (Fsp3) is 0.200. The lowest BCUT2D eigenvalue weighted by atomic mass is 10.2. The molecule has 3 heteroatoms. The van der Waals surface area contributed by atoms with Gasteiger partial charge in [-0.05, 0) is 17.7 Å². The van der Waals surface area contributed by atoms with Crippen molar-refractivity contribution < 1.29 is 9.47 Å². The van der Waals surface area contributed by atoms with Crippen LogP contribution < -0.4 is 15.2 Å². The van der Waals surface area contributed by atoms with Crippen molar-refractivity contribution in [2.45, 2.75) is 6.42 Å². The molecule has 0 spiro atoms. The number of ether oxygens (including phenoxy) is 2. The Bertz CT molecular complexity index is 497. The Balaban J connectivity index is 1.89. The van der Waals surface area contributed by atoms with Gasteiger partial charge in [-0.2, -0.15) is 0 Å². The van der Waals surface area contributed by atoms with E-state index in [1.165, 1.54) is 5.56 Å². The maximum absolute atomic E-state index is 5.81. The van der Waals surface area contributed by atoms with Gasteiger partial charge in [-0.15, -0.1) is 0 Å². The third-order valence-electron chi connectivity index (χ3n) is 2.70. The fourth-order valence-electron chi connectivity index (χ4n) is 1.73. The van der Waals surface area contributed by atoms with E-state index in [9.17, 15) is 0 Å². The van der Waals surface area contributed by atoms with E-state index in [1.54, 1.807) is 13.2 Å². The number of methoxy groups -OCH3 is 1. The quantitative estimate of drug-likeness (QED) is 0.821. The Labute approximate surface area is 107 Å². The van der Waals surface area contributed by atoms with Gasteiger partial charge in [0.1, 0.15) is 11.5 Å². The summed E-state index contributed by atoms with van der Waals surface area (Å²) in [6.07, 6.45) is 0.882. The van der Waals surface area contributed by atoms with Crippen LogP contribution in [0.2, 0.25) is 0 Å². The molecule has 0 saturated heterocycles. The zero-order valence-electron chi connectivity index (χ0n) is 10.4. The normalized spacial score (nSPS) is 10.1. The van der Waals surface area contributed by atoms with Gasteiger partial charge >= 0.3 is 0 Å². The number of hydrogen-bond acceptors (Lipinski definition) is 3. The first-order chi connectivity index (χ1) is 8.79. The molecule has 3 nitrogen and oxygen atoms in total. The molecule has 18 heavy (non-hydrogen) atoms. The minimum absolute atomic E-state index is 0.592. The number of anilines is 1. The Kier molecular flexibility index (Phi) is 4.07. The van der Waals surface area contributed by atoms with Crippen molar-refractivity contribution in [3.8, 4) is 11.5 Å². The predicted molar refractivity (Wildman–Crippen MR) is 73.0 cm³/mol. The third-order valence-corrected chi connectivity index (χ3v) is 2.70. The molecule has 2 N–H and O–H groups in total. The maximum atomic E-state index is 5.81. The summed E-state index contributed by atoms with van der Waals surface area (Å²) in [5.41, 5.74) is 7.67. The lowest BCUT2D eigenvalue weighted by molar-refractivity contribution is 0.321. The Morgan fingerprint density at radius 3 is 2.50 bits per heavy atom. The van der Waals surface area contributed by atoms with E-state index in [0.29, 0.717) is 18.0 Å². The summed E-state index contributed by atoms with van der Waals surface area (Å²) in [4.78, 5) is 0. The molecule has 2 rings (SSSR count). The number of benzene rings is 2. The standard InChI is InChI=1S/C15H17NO2/c1-17-15-8-7-13(11-14(15)16)18-10-9-12-5-3-2-4-6-12/h2-8,11H,9-10,16H2,1H3. The van der Waals surface area contributed by atoms with E-state index in [2.05, 4.69) is 12.1 Å². The lowest BCUT2D eigenvalue weighted by Crippen LogP contribution is -2.02. The summed E-state index contributed by atoms with van der Waals surface area (Å²) < 4.78 is 10.7. The summed E-state index contributed by atoms with van der Waals surface area (Å²) in [6, 6.07) is 15.7. The SMILES string of the molecule is COc1ccc(OCCc2ccccc2)cc1N. The van der Waals surface area contributed by atoms with Gasteiger partial charge in [-0.25, -0.2) is 0 Å². The minimum atomic E-state index is 0.592. The first-order valence-electron chi connectivity index (χ1n) is 5.90. The van der Waals surface area contributed by atoms with E-state index in [-0.39, 0.29) is 0 Å². The van der Waals surface area contributed by atoms with Crippen LogP contribution in [0.1, 0.15) is 5.56 Å². The van der Waals surface area contributed by atoms with Crippen molar-refractivity contribution in [2.75, 3.05) is 19.5 Å². The molecule has 2 aromatic carbocycles. The number of nitrogen functional groups attached to an aromatic ring is 1. The van der Waals surface area contributed by atoms with Crippen LogP contribution in [-0.2, 0) is 6.42 Å². The molecule has 0 aromatic heterocycles. The highest BCUT2D eigenvalue weighted by Gasteiger charge is 2.01. The van der Waals surface area contributed by atoms with Crippen LogP contribution in [0.3, 0.4) is 0 Å². The van der Waals surface area contributed by atoms with Gasteiger partial charge < -0.3 is 15.2 Å². The van der Waals surface area contributed by atoms with E-state index in [4.69, 9.17) is 15.2 Å². The van der Waals surface area contributed by atoms with E-state index in [1.807, 2.05) is 30.3 Å². The molecule has 0 aliphatic carbocycles. The number of hydrogen-bond donors (Lipinski definition) is 1. The summed E-state index contributed by atoms with van der Waals surface area (Å²) in [6.45, 7) is 0.635. The van der Waals surface area contributed by atoms with Crippen LogP contribution in [0.15, 0.2) is 48.5 Å². The molecule has 0 aliphatic rings. The van der Waals surface area contributed by atoms with Crippen LogP contribution >= 0.6 is 0 Å². The molecule has 0 saturated carbocycles. The van der Waals surface area contributed by atoms with Gasteiger partial charge in [-0.1, -0.05) is 30.3 Å². The van der Waals surface area contributed by atoms with Gasteiger partial charge in [-0.3, -0.25) is 0 Å². The molecule has 2 aromatic rings. The van der Waals surface area contributed by atoms with Crippen LogP contribution in [0.4, 0.5) is 5.69 Å². The molecule has 0 aliphatic heterocycles. The predicted octanol–water partition coefficient (Wildman–Crippen LogP) is 2.90. The zero-order valence-corrected chi connectivity index (χ0v) is 10.4. The molecule has 94 valence electrons. The topological polar surface area (TPSA) is 44.5 Å². The smallest absolute Gasteiger partial charge is 0.142 e. The zero-order chi connectivity index (χ0) is 12.8. The molecular weight excluding hydrogens is 226 g/mol. The highest BCUT2D eigenvalue weighted by Crippen LogP contribution is 2.25. The maximum Gasteiger partial charge on any atom is 0.142 e. The second-order valence-corrected chi connectivity index (χ2v) is 3.99. The van der Waals surface area contributed by atoms with Crippen LogP contribution in [0.25, 0.3) is 0 Å². The molecule has 0 fully saturated rings. The largest absolute Gasteiger partial charge is 0.495 e.